The summed E-state index contributed by atoms with van der Waals surface area (Å²) in [6.07, 6.45) is -0.157. The number of anilines is 1. The molecule has 122 valence electrons. The van der Waals surface area contributed by atoms with E-state index in [1.165, 1.54) is 6.92 Å². The normalized spacial score (nSPS) is 10.4. The average molecular weight is 337 g/mol. The number of esters is 1. The molecule has 10 heteroatoms. The first kappa shape index (κ1) is 16.7. The average Bonchev–Trinajstić information content (AvgIpc) is 2.83. The molecular weight excluding hydrogens is 322 g/mol. The fourth-order valence-corrected chi connectivity index (χ4v) is 2.53. The summed E-state index contributed by atoms with van der Waals surface area (Å²) in [5.74, 6) is -0.753. The Labute approximate surface area is 135 Å². The smallest absolute Gasteiger partial charge is 0.350 e. The molecule has 0 saturated carbocycles. The molecular formula is C13H15N5O4S. The molecule has 0 radical (unpaired) electrons. The highest BCUT2D eigenvalue weighted by Crippen LogP contribution is 2.23. The van der Waals surface area contributed by atoms with Crippen LogP contribution >= 0.6 is 11.3 Å². The van der Waals surface area contributed by atoms with E-state index in [-0.39, 0.29) is 29.7 Å². The zero-order valence-electron chi connectivity index (χ0n) is 12.8. The van der Waals surface area contributed by atoms with E-state index in [0.717, 1.165) is 11.3 Å². The van der Waals surface area contributed by atoms with Crippen LogP contribution in [0.25, 0.3) is 0 Å². The molecule has 2 rings (SSSR count). The van der Waals surface area contributed by atoms with Crippen LogP contribution in [-0.2, 0) is 16.0 Å². The van der Waals surface area contributed by atoms with Crippen LogP contribution in [0.1, 0.15) is 33.8 Å². The second-order valence-electron chi connectivity index (χ2n) is 4.57. The fraction of sp³-hybridized carbons (Fsp3) is 0.385. The number of hydrogen-bond donors (Lipinski definition) is 2. The first-order chi connectivity index (χ1) is 10.9. The van der Waals surface area contributed by atoms with Crippen LogP contribution in [0.3, 0.4) is 0 Å². The van der Waals surface area contributed by atoms with E-state index in [1.54, 1.807) is 13.8 Å². The standard InChI is InChI=1S/C13H15N5O4S/c1-4-22-12(21)10-6(2)14-13(23-10)16-9(19)5-8-15-11(20)7(3)17-18-8/h4-5H2,1-3H3,(H,14,16,19)(H,15,18,20). The van der Waals surface area contributed by atoms with E-state index in [1.807, 2.05) is 0 Å². The van der Waals surface area contributed by atoms with Crippen LogP contribution in [-0.4, -0.2) is 38.6 Å². The highest BCUT2D eigenvalue weighted by molar-refractivity contribution is 7.17. The highest BCUT2D eigenvalue weighted by Gasteiger charge is 2.18. The molecule has 0 aromatic carbocycles. The zero-order chi connectivity index (χ0) is 17.0. The number of aromatic amines is 1. The lowest BCUT2D eigenvalue weighted by molar-refractivity contribution is -0.115. The highest BCUT2D eigenvalue weighted by atomic mass is 32.1. The van der Waals surface area contributed by atoms with Gasteiger partial charge in [-0.25, -0.2) is 9.78 Å². The predicted molar refractivity (Wildman–Crippen MR) is 82.5 cm³/mol. The van der Waals surface area contributed by atoms with Gasteiger partial charge in [0.15, 0.2) is 5.13 Å². The van der Waals surface area contributed by atoms with Gasteiger partial charge in [-0.2, -0.15) is 0 Å². The molecule has 2 aromatic heterocycles. The van der Waals surface area contributed by atoms with Crippen molar-refractivity contribution < 1.29 is 14.3 Å². The van der Waals surface area contributed by atoms with Crippen LogP contribution in [0.5, 0.6) is 0 Å². The Hall–Kier alpha value is -2.62. The lowest BCUT2D eigenvalue weighted by Gasteiger charge is -2.01. The van der Waals surface area contributed by atoms with Crippen molar-refractivity contribution in [2.75, 3.05) is 11.9 Å². The number of thiazole rings is 1. The van der Waals surface area contributed by atoms with Gasteiger partial charge in [0.05, 0.1) is 18.7 Å². The van der Waals surface area contributed by atoms with Crippen molar-refractivity contribution >= 4 is 28.3 Å². The number of carbonyl (C=O) groups excluding carboxylic acids is 2. The molecule has 0 bridgehead atoms. The van der Waals surface area contributed by atoms with Crippen molar-refractivity contribution in [3.8, 4) is 0 Å². The summed E-state index contributed by atoms with van der Waals surface area (Å²) in [5, 5.41) is 10.2. The van der Waals surface area contributed by atoms with Crippen LogP contribution in [0.15, 0.2) is 4.79 Å². The van der Waals surface area contributed by atoms with E-state index < -0.39 is 17.4 Å². The molecule has 23 heavy (non-hydrogen) atoms. The maximum absolute atomic E-state index is 11.9. The topological polar surface area (TPSA) is 127 Å². The van der Waals surface area contributed by atoms with E-state index >= 15 is 0 Å². The van der Waals surface area contributed by atoms with E-state index in [4.69, 9.17) is 4.74 Å². The lowest BCUT2D eigenvalue weighted by Crippen LogP contribution is -2.21. The Bertz CT molecular complexity index is 798. The number of hydrogen-bond acceptors (Lipinski definition) is 8. The van der Waals surface area contributed by atoms with Gasteiger partial charge in [-0.1, -0.05) is 11.3 Å². The lowest BCUT2D eigenvalue weighted by atomic mass is 10.4. The number of rotatable bonds is 5. The minimum absolute atomic E-state index is 0.150. The number of nitrogens with zero attached hydrogens (tertiary/aromatic N) is 3. The molecule has 0 aliphatic rings. The zero-order valence-corrected chi connectivity index (χ0v) is 13.6. The third-order valence-corrected chi connectivity index (χ3v) is 3.79. The SMILES string of the molecule is CCOC(=O)c1sc(NC(=O)Cc2nnc(C)c(=O)[nH]2)nc1C. The molecule has 2 aromatic rings. The first-order valence-electron chi connectivity index (χ1n) is 6.77. The number of amides is 1. The summed E-state index contributed by atoms with van der Waals surface area (Å²) in [5.41, 5.74) is 0.313. The summed E-state index contributed by atoms with van der Waals surface area (Å²) >= 11 is 1.03. The number of aromatic nitrogens is 4. The second kappa shape index (κ2) is 7.09. The van der Waals surface area contributed by atoms with Crippen molar-refractivity contribution in [3.05, 3.63) is 32.4 Å². The van der Waals surface area contributed by atoms with Crippen molar-refractivity contribution in [2.45, 2.75) is 27.2 Å². The van der Waals surface area contributed by atoms with Gasteiger partial charge >= 0.3 is 5.97 Å². The number of carbonyl (C=O) groups is 2. The summed E-state index contributed by atoms with van der Waals surface area (Å²) < 4.78 is 4.91. The third-order valence-electron chi connectivity index (χ3n) is 2.74. The van der Waals surface area contributed by atoms with Gasteiger partial charge in [-0.15, -0.1) is 10.2 Å². The number of nitrogens with one attached hydrogen (secondary N) is 2. The van der Waals surface area contributed by atoms with Crippen molar-refractivity contribution in [1.29, 1.82) is 0 Å². The Morgan fingerprint density at radius 3 is 2.65 bits per heavy atom. The molecule has 2 N–H and O–H groups in total. The minimum Gasteiger partial charge on any atom is -0.462 e. The molecule has 9 nitrogen and oxygen atoms in total. The quantitative estimate of drug-likeness (QED) is 0.765. The number of aryl methyl sites for hydroxylation is 2. The molecule has 2 heterocycles. The monoisotopic (exact) mass is 337 g/mol. The molecule has 0 aliphatic heterocycles. The molecule has 0 aliphatic carbocycles. The number of ether oxygens (including phenoxy) is 1. The van der Waals surface area contributed by atoms with Crippen molar-refractivity contribution in [1.82, 2.24) is 20.2 Å². The maximum atomic E-state index is 11.9. The first-order valence-corrected chi connectivity index (χ1v) is 7.59. The van der Waals surface area contributed by atoms with Gasteiger partial charge in [-0.3, -0.25) is 9.59 Å². The summed E-state index contributed by atoms with van der Waals surface area (Å²) in [4.78, 5) is 42.0. The summed E-state index contributed by atoms with van der Waals surface area (Å²) in [6.45, 7) is 5.14. The Kier molecular flexibility index (Phi) is 5.16. The third kappa shape index (κ3) is 4.19. The van der Waals surface area contributed by atoms with E-state index in [2.05, 4.69) is 25.5 Å². The molecule has 0 fully saturated rings. The van der Waals surface area contributed by atoms with Gasteiger partial charge < -0.3 is 15.0 Å². The van der Waals surface area contributed by atoms with Crippen LogP contribution in [0, 0.1) is 13.8 Å². The fourth-order valence-electron chi connectivity index (χ4n) is 1.66. The Morgan fingerprint density at radius 1 is 1.26 bits per heavy atom. The van der Waals surface area contributed by atoms with Crippen LogP contribution in [0.2, 0.25) is 0 Å². The van der Waals surface area contributed by atoms with Gasteiger partial charge in [0.1, 0.15) is 16.4 Å². The minimum atomic E-state index is -0.475. The number of H-pyrrole nitrogens is 1. The van der Waals surface area contributed by atoms with Crippen molar-refractivity contribution in [3.63, 3.8) is 0 Å². The Morgan fingerprint density at radius 2 is 2.00 bits per heavy atom. The van der Waals surface area contributed by atoms with Gasteiger partial charge in [-0.05, 0) is 20.8 Å². The van der Waals surface area contributed by atoms with Gasteiger partial charge in [0.2, 0.25) is 5.91 Å². The van der Waals surface area contributed by atoms with Crippen LogP contribution in [0.4, 0.5) is 5.13 Å². The summed E-state index contributed by atoms with van der Waals surface area (Å²) in [7, 11) is 0. The molecule has 1 amide bonds. The molecule has 0 saturated heterocycles. The maximum Gasteiger partial charge on any atom is 0.350 e. The predicted octanol–water partition coefficient (Wildman–Crippen LogP) is 0.596. The van der Waals surface area contributed by atoms with Gasteiger partial charge in [0, 0.05) is 0 Å². The van der Waals surface area contributed by atoms with E-state index in [0.29, 0.717) is 10.6 Å². The molecule has 0 spiro atoms. The largest absolute Gasteiger partial charge is 0.462 e. The Balaban J connectivity index is 2.05. The second-order valence-corrected chi connectivity index (χ2v) is 5.56. The summed E-state index contributed by atoms with van der Waals surface area (Å²) in [6, 6.07) is 0. The molecule has 0 unspecified atom stereocenters. The van der Waals surface area contributed by atoms with Crippen molar-refractivity contribution in [2.24, 2.45) is 0 Å². The van der Waals surface area contributed by atoms with Crippen LogP contribution < -0.4 is 10.9 Å². The van der Waals surface area contributed by atoms with Gasteiger partial charge in [0.25, 0.3) is 5.56 Å². The van der Waals surface area contributed by atoms with E-state index in [9.17, 15) is 14.4 Å². The molecule has 0 atom stereocenters.